The summed E-state index contributed by atoms with van der Waals surface area (Å²) in [5.74, 6) is -0.777. The van der Waals surface area contributed by atoms with Crippen LogP contribution in [-0.4, -0.2) is 29.4 Å². The molecule has 2 N–H and O–H groups in total. The maximum absolute atomic E-state index is 12.1. The summed E-state index contributed by atoms with van der Waals surface area (Å²) in [6.07, 6.45) is -1.08. The number of carbonyl (C=O) groups excluding carboxylic acids is 2. The van der Waals surface area contributed by atoms with Gasteiger partial charge in [-0.15, -0.1) is 0 Å². The summed E-state index contributed by atoms with van der Waals surface area (Å²) >= 11 is 0. The number of nitro benzene ring substituents is 1. The van der Waals surface area contributed by atoms with Crippen molar-refractivity contribution in [2.45, 2.75) is 13.0 Å². The summed E-state index contributed by atoms with van der Waals surface area (Å²) < 4.78 is 10.8. The Hall–Kier alpha value is -4.14. The van der Waals surface area contributed by atoms with Gasteiger partial charge in [0, 0.05) is 6.07 Å². The molecule has 0 heterocycles. The summed E-state index contributed by atoms with van der Waals surface area (Å²) in [5.41, 5.74) is 4.16. The number of amides is 2. The Morgan fingerprint density at radius 2 is 1.70 bits per heavy atom. The molecule has 0 saturated carbocycles. The Bertz CT molecular complexity index is 1090. The standard InChI is InChI=1S/C21H19N3O6/c1-14(30-19-9-5-4-8-18(19)24(27)28)21(26)23-22-20(25)13-29-17-11-10-15-6-2-3-7-16(15)12-17/h2-12,14H,13H2,1H3,(H,22,25)(H,23,26). The number of benzene rings is 3. The molecule has 1 atom stereocenters. The van der Waals surface area contributed by atoms with E-state index in [1.54, 1.807) is 12.1 Å². The molecule has 0 aromatic heterocycles. The van der Waals surface area contributed by atoms with Gasteiger partial charge in [0.25, 0.3) is 11.8 Å². The Kier molecular flexibility index (Phi) is 6.43. The van der Waals surface area contributed by atoms with Gasteiger partial charge in [-0.1, -0.05) is 42.5 Å². The van der Waals surface area contributed by atoms with Gasteiger partial charge in [-0.05, 0) is 35.9 Å². The van der Waals surface area contributed by atoms with Gasteiger partial charge in [-0.25, -0.2) is 0 Å². The van der Waals surface area contributed by atoms with Gasteiger partial charge in [0.15, 0.2) is 18.5 Å². The van der Waals surface area contributed by atoms with Crippen molar-refractivity contribution in [2.75, 3.05) is 6.61 Å². The monoisotopic (exact) mass is 409 g/mol. The largest absolute Gasteiger partial charge is 0.484 e. The first-order valence-corrected chi connectivity index (χ1v) is 9.04. The zero-order valence-electron chi connectivity index (χ0n) is 16.0. The molecule has 2 amide bonds. The summed E-state index contributed by atoms with van der Waals surface area (Å²) in [6, 6.07) is 18.9. The molecule has 0 saturated heterocycles. The summed E-state index contributed by atoms with van der Waals surface area (Å²) in [4.78, 5) is 34.4. The van der Waals surface area contributed by atoms with E-state index in [1.165, 1.54) is 25.1 Å². The summed E-state index contributed by atoms with van der Waals surface area (Å²) in [6.45, 7) is 1.10. The average molecular weight is 409 g/mol. The molecule has 0 aliphatic rings. The number of carbonyl (C=O) groups is 2. The predicted octanol–water partition coefficient (Wildman–Crippen LogP) is 2.74. The van der Waals surface area contributed by atoms with Gasteiger partial charge < -0.3 is 9.47 Å². The number of nitro groups is 1. The van der Waals surface area contributed by atoms with Crippen LogP contribution in [0, 0.1) is 10.1 Å². The lowest BCUT2D eigenvalue weighted by molar-refractivity contribution is -0.386. The number of hydrogen-bond donors (Lipinski definition) is 2. The van der Waals surface area contributed by atoms with Crippen molar-refractivity contribution < 1.29 is 24.0 Å². The third kappa shape index (κ3) is 5.22. The first kappa shape index (κ1) is 20.6. The van der Waals surface area contributed by atoms with Gasteiger partial charge in [0.1, 0.15) is 5.75 Å². The minimum Gasteiger partial charge on any atom is -0.484 e. The summed E-state index contributed by atoms with van der Waals surface area (Å²) in [5, 5.41) is 13.0. The molecule has 0 radical (unpaired) electrons. The van der Waals surface area contributed by atoms with Gasteiger partial charge in [-0.2, -0.15) is 0 Å². The number of rotatable bonds is 7. The molecule has 9 nitrogen and oxygen atoms in total. The second-order valence-electron chi connectivity index (χ2n) is 6.32. The maximum Gasteiger partial charge on any atom is 0.310 e. The second-order valence-corrected chi connectivity index (χ2v) is 6.32. The molecule has 154 valence electrons. The third-order valence-electron chi connectivity index (χ3n) is 4.15. The van der Waals surface area contributed by atoms with E-state index in [1.807, 2.05) is 36.4 Å². The minimum atomic E-state index is -1.08. The molecule has 9 heteroatoms. The normalized spacial score (nSPS) is 11.4. The SMILES string of the molecule is CC(Oc1ccccc1[N+](=O)[O-])C(=O)NNC(=O)COc1ccc2ccccc2c1. The smallest absolute Gasteiger partial charge is 0.310 e. The molecule has 0 spiro atoms. The third-order valence-corrected chi connectivity index (χ3v) is 4.15. The average Bonchev–Trinajstić information content (AvgIpc) is 2.76. The van der Waals surface area contributed by atoms with E-state index < -0.39 is 22.8 Å². The van der Waals surface area contributed by atoms with Crippen LogP contribution < -0.4 is 20.3 Å². The molecule has 0 fully saturated rings. The molecular formula is C21H19N3O6. The first-order chi connectivity index (χ1) is 14.4. The van der Waals surface area contributed by atoms with Gasteiger partial charge >= 0.3 is 5.69 Å². The molecule has 0 aliphatic heterocycles. The Balaban J connectivity index is 1.47. The van der Waals surface area contributed by atoms with E-state index >= 15 is 0 Å². The Morgan fingerprint density at radius 3 is 2.47 bits per heavy atom. The summed E-state index contributed by atoms with van der Waals surface area (Å²) in [7, 11) is 0. The molecule has 1 unspecified atom stereocenters. The topological polar surface area (TPSA) is 120 Å². The lowest BCUT2D eigenvalue weighted by Crippen LogP contribution is -2.48. The number of ether oxygens (including phenoxy) is 2. The van der Waals surface area contributed by atoms with Crippen LogP contribution in [-0.2, 0) is 9.59 Å². The highest BCUT2D eigenvalue weighted by molar-refractivity contribution is 5.86. The zero-order chi connectivity index (χ0) is 21.5. The number of para-hydroxylation sites is 2. The highest BCUT2D eigenvalue weighted by Gasteiger charge is 2.21. The van der Waals surface area contributed by atoms with E-state index in [9.17, 15) is 19.7 Å². The van der Waals surface area contributed by atoms with Crippen molar-refractivity contribution in [1.82, 2.24) is 10.9 Å². The van der Waals surface area contributed by atoms with Gasteiger partial charge in [0.2, 0.25) is 0 Å². The van der Waals surface area contributed by atoms with E-state index in [4.69, 9.17) is 9.47 Å². The Labute approximate surface area is 171 Å². The van der Waals surface area contributed by atoms with Crippen LogP contribution in [0.4, 0.5) is 5.69 Å². The minimum absolute atomic E-state index is 0.0453. The van der Waals surface area contributed by atoms with Gasteiger partial charge in [-0.3, -0.25) is 30.6 Å². The van der Waals surface area contributed by atoms with E-state index in [-0.39, 0.29) is 18.0 Å². The van der Waals surface area contributed by atoms with Crippen LogP contribution in [0.5, 0.6) is 11.5 Å². The predicted molar refractivity (Wildman–Crippen MR) is 109 cm³/mol. The van der Waals surface area contributed by atoms with Crippen molar-refractivity contribution in [3.63, 3.8) is 0 Å². The number of fused-ring (bicyclic) bond motifs is 1. The Morgan fingerprint density at radius 1 is 1.00 bits per heavy atom. The zero-order valence-corrected chi connectivity index (χ0v) is 16.0. The molecule has 0 aliphatic carbocycles. The van der Waals surface area contributed by atoms with Crippen molar-refractivity contribution in [3.05, 3.63) is 76.8 Å². The molecule has 3 aromatic rings. The number of nitrogens with zero attached hydrogens (tertiary/aromatic N) is 1. The highest BCUT2D eigenvalue weighted by Crippen LogP contribution is 2.26. The van der Waals surface area contributed by atoms with Crippen LogP contribution >= 0.6 is 0 Å². The molecular weight excluding hydrogens is 390 g/mol. The fourth-order valence-electron chi connectivity index (χ4n) is 2.63. The van der Waals surface area contributed by atoms with Crippen LogP contribution in [0.25, 0.3) is 10.8 Å². The van der Waals surface area contributed by atoms with Crippen LogP contribution in [0.15, 0.2) is 66.7 Å². The lowest BCUT2D eigenvalue weighted by Gasteiger charge is -2.15. The van der Waals surface area contributed by atoms with E-state index in [2.05, 4.69) is 10.9 Å². The fourth-order valence-corrected chi connectivity index (χ4v) is 2.63. The lowest BCUT2D eigenvalue weighted by atomic mass is 10.1. The van der Waals surface area contributed by atoms with E-state index in [0.29, 0.717) is 5.75 Å². The van der Waals surface area contributed by atoms with Crippen molar-refractivity contribution in [1.29, 1.82) is 0 Å². The number of nitrogens with one attached hydrogen (secondary N) is 2. The fraction of sp³-hybridized carbons (Fsp3) is 0.143. The molecule has 30 heavy (non-hydrogen) atoms. The highest BCUT2D eigenvalue weighted by atomic mass is 16.6. The van der Waals surface area contributed by atoms with Crippen molar-refractivity contribution in [3.8, 4) is 11.5 Å². The maximum atomic E-state index is 12.1. The number of hydrogen-bond acceptors (Lipinski definition) is 6. The van der Waals surface area contributed by atoms with E-state index in [0.717, 1.165) is 10.8 Å². The van der Waals surface area contributed by atoms with Crippen LogP contribution in [0.2, 0.25) is 0 Å². The molecule has 3 aromatic carbocycles. The molecule has 3 rings (SSSR count). The van der Waals surface area contributed by atoms with Crippen LogP contribution in [0.1, 0.15) is 6.92 Å². The van der Waals surface area contributed by atoms with Crippen molar-refractivity contribution in [2.24, 2.45) is 0 Å². The quantitative estimate of drug-likeness (QED) is 0.457. The van der Waals surface area contributed by atoms with Crippen molar-refractivity contribution >= 4 is 28.3 Å². The number of hydrazine groups is 1. The second kappa shape index (κ2) is 9.37. The molecule has 0 bridgehead atoms. The first-order valence-electron chi connectivity index (χ1n) is 9.04. The van der Waals surface area contributed by atoms with Gasteiger partial charge in [0.05, 0.1) is 4.92 Å². The van der Waals surface area contributed by atoms with Crippen LogP contribution in [0.3, 0.4) is 0 Å².